The van der Waals surface area contributed by atoms with E-state index in [4.69, 9.17) is 0 Å². The Morgan fingerprint density at radius 3 is 2.89 bits per heavy atom. The van der Waals surface area contributed by atoms with Crippen LogP contribution in [-0.2, 0) is 6.54 Å². The molecule has 0 spiro atoms. The maximum Gasteiger partial charge on any atom is 0.0645 e. The summed E-state index contributed by atoms with van der Waals surface area (Å²) >= 11 is 2.06. The van der Waals surface area contributed by atoms with Crippen LogP contribution in [0.15, 0.2) is 42.7 Å². The van der Waals surface area contributed by atoms with E-state index in [1.807, 2.05) is 16.9 Å². The van der Waals surface area contributed by atoms with Crippen LogP contribution < -0.4 is 5.32 Å². The van der Waals surface area contributed by atoms with Crippen LogP contribution in [0.3, 0.4) is 0 Å². The summed E-state index contributed by atoms with van der Waals surface area (Å²) in [5, 5.41) is 7.88. The quantitative estimate of drug-likeness (QED) is 0.929. The van der Waals surface area contributed by atoms with Gasteiger partial charge in [0.2, 0.25) is 0 Å². The molecule has 2 heterocycles. The second-order valence-electron chi connectivity index (χ2n) is 4.91. The SMILES string of the molecule is c1cnn(-c2ccc(CNC3CCCSC3)cc2)c1. The summed E-state index contributed by atoms with van der Waals surface area (Å²) in [4.78, 5) is 0. The van der Waals surface area contributed by atoms with Crippen LogP contribution in [0.5, 0.6) is 0 Å². The zero-order valence-corrected chi connectivity index (χ0v) is 11.8. The van der Waals surface area contributed by atoms with Crippen molar-refractivity contribution >= 4 is 11.8 Å². The van der Waals surface area contributed by atoms with E-state index < -0.39 is 0 Å². The van der Waals surface area contributed by atoms with Gasteiger partial charge in [0.05, 0.1) is 5.69 Å². The summed E-state index contributed by atoms with van der Waals surface area (Å²) in [6, 6.07) is 11.2. The highest BCUT2D eigenvalue weighted by atomic mass is 32.2. The van der Waals surface area contributed by atoms with Gasteiger partial charge in [0.1, 0.15) is 0 Å². The minimum Gasteiger partial charge on any atom is -0.309 e. The second kappa shape index (κ2) is 6.26. The van der Waals surface area contributed by atoms with Crippen molar-refractivity contribution in [1.82, 2.24) is 15.1 Å². The van der Waals surface area contributed by atoms with E-state index in [1.165, 1.54) is 29.9 Å². The first-order chi connectivity index (χ1) is 9.42. The van der Waals surface area contributed by atoms with Crippen LogP contribution in [0.2, 0.25) is 0 Å². The van der Waals surface area contributed by atoms with Crippen molar-refractivity contribution in [2.75, 3.05) is 11.5 Å². The highest BCUT2D eigenvalue weighted by molar-refractivity contribution is 7.99. The van der Waals surface area contributed by atoms with Gasteiger partial charge in [-0.2, -0.15) is 16.9 Å². The summed E-state index contributed by atoms with van der Waals surface area (Å²) in [6.45, 7) is 0.963. The number of hydrogen-bond donors (Lipinski definition) is 1. The zero-order chi connectivity index (χ0) is 12.9. The van der Waals surface area contributed by atoms with E-state index in [1.54, 1.807) is 6.20 Å². The van der Waals surface area contributed by atoms with Gasteiger partial charge in [0.25, 0.3) is 0 Å². The molecule has 3 nitrogen and oxygen atoms in total. The van der Waals surface area contributed by atoms with E-state index in [0.717, 1.165) is 12.2 Å². The van der Waals surface area contributed by atoms with Crippen molar-refractivity contribution in [3.63, 3.8) is 0 Å². The number of hydrogen-bond acceptors (Lipinski definition) is 3. The van der Waals surface area contributed by atoms with Gasteiger partial charge >= 0.3 is 0 Å². The number of rotatable bonds is 4. The Labute approximate surface area is 118 Å². The van der Waals surface area contributed by atoms with E-state index in [2.05, 4.69) is 46.4 Å². The average molecular weight is 273 g/mol. The Kier molecular flexibility index (Phi) is 4.20. The fourth-order valence-electron chi connectivity index (χ4n) is 2.35. The summed E-state index contributed by atoms with van der Waals surface area (Å²) in [6.07, 6.45) is 6.43. The van der Waals surface area contributed by atoms with Gasteiger partial charge in [0, 0.05) is 30.7 Å². The summed E-state index contributed by atoms with van der Waals surface area (Å²) in [5.74, 6) is 2.59. The molecule has 0 saturated carbocycles. The van der Waals surface area contributed by atoms with Crippen LogP contribution in [0.4, 0.5) is 0 Å². The molecule has 1 N–H and O–H groups in total. The van der Waals surface area contributed by atoms with Gasteiger partial charge in [-0.3, -0.25) is 0 Å². The molecular weight excluding hydrogens is 254 g/mol. The molecular formula is C15H19N3S. The number of nitrogens with zero attached hydrogens (tertiary/aromatic N) is 2. The number of nitrogens with one attached hydrogen (secondary N) is 1. The van der Waals surface area contributed by atoms with Gasteiger partial charge in [-0.05, 0) is 42.4 Å². The fraction of sp³-hybridized carbons (Fsp3) is 0.400. The molecule has 3 rings (SSSR count). The van der Waals surface area contributed by atoms with Crippen molar-refractivity contribution in [2.24, 2.45) is 0 Å². The Bertz CT molecular complexity index is 487. The van der Waals surface area contributed by atoms with Crippen LogP contribution in [0, 0.1) is 0 Å². The molecule has 4 heteroatoms. The molecule has 1 aliphatic rings. The number of thioether (sulfide) groups is 1. The lowest BCUT2D eigenvalue weighted by Crippen LogP contribution is -2.33. The number of aromatic nitrogens is 2. The minimum atomic E-state index is 0.685. The molecule has 1 saturated heterocycles. The molecule has 100 valence electrons. The van der Waals surface area contributed by atoms with Crippen LogP contribution >= 0.6 is 11.8 Å². The first kappa shape index (κ1) is 12.8. The van der Waals surface area contributed by atoms with Crippen LogP contribution in [-0.4, -0.2) is 27.3 Å². The molecule has 1 aliphatic heterocycles. The Hall–Kier alpha value is -1.26. The zero-order valence-electron chi connectivity index (χ0n) is 11.0. The molecule has 1 fully saturated rings. The predicted molar refractivity (Wildman–Crippen MR) is 80.8 cm³/mol. The van der Waals surface area contributed by atoms with Crippen molar-refractivity contribution < 1.29 is 0 Å². The Balaban J connectivity index is 1.57. The topological polar surface area (TPSA) is 29.9 Å². The molecule has 0 aliphatic carbocycles. The normalized spacial score (nSPS) is 19.5. The maximum absolute atomic E-state index is 4.23. The van der Waals surface area contributed by atoms with Crippen LogP contribution in [0.1, 0.15) is 18.4 Å². The average Bonchev–Trinajstić information content (AvgIpc) is 3.01. The summed E-state index contributed by atoms with van der Waals surface area (Å²) in [5.41, 5.74) is 2.45. The molecule has 1 aromatic carbocycles. The van der Waals surface area contributed by atoms with Gasteiger partial charge in [-0.25, -0.2) is 4.68 Å². The Morgan fingerprint density at radius 2 is 2.21 bits per heavy atom. The second-order valence-corrected chi connectivity index (χ2v) is 6.06. The molecule has 0 radical (unpaired) electrons. The van der Waals surface area contributed by atoms with E-state index >= 15 is 0 Å². The van der Waals surface area contributed by atoms with E-state index in [0.29, 0.717) is 6.04 Å². The van der Waals surface area contributed by atoms with E-state index in [9.17, 15) is 0 Å². The fourth-order valence-corrected chi connectivity index (χ4v) is 3.46. The minimum absolute atomic E-state index is 0.685. The molecule has 0 bridgehead atoms. The largest absolute Gasteiger partial charge is 0.309 e. The highest BCUT2D eigenvalue weighted by Gasteiger charge is 2.12. The third kappa shape index (κ3) is 3.39. The molecule has 0 amide bonds. The van der Waals surface area contributed by atoms with Crippen molar-refractivity contribution in [2.45, 2.75) is 25.4 Å². The lowest BCUT2D eigenvalue weighted by atomic mass is 10.1. The molecule has 19 heavy (non-hydrogen) atoms. The third-order valence-electron chi connectivity index (χ3n) is 3.46. The lowest BCUT2D eigenvalue weighted by molar-refractivity contribution is 0.507. The Morgan fingerprint density at radius 1 is 1.32 bits per heavy atom. The first-order valence-electron chi connectivity index (χ1n) is 6.82. The van der Waals surface area contributed by atoms with Gasteiger partial charge < -0.3 is 5.32 Å². The molecule has 1 aromatic heterocycles. The molecule has 1 atom stereocenters. The summed E-state index contributed by atoms with van der Waals surface area (Å²) < 4.78 is 1.88. The maximum atomic E-state index is 4.23. The van der Waals surface area contributed by atoms with Crippen molar-refractivity contribution in [3.05, 3.63) is 48.3 Å². The smallest absolute Gasteiger partial charge is 0.0645 e. The number of benzene rings is 1. The van der Waals surface area contributed by atoms with Gasteiger partial charge in [0.15, 0.2) is 0 Å². The third-order valence-corrected chi connectivity index (χ3v) is 4.68. The highest BCUT2D eigenvalue weighted by Crippen LogP contribution is 2.17. The predicted octanol–water partition coefficient (Wildman–Crippen LogP) is 2.86. The van der Waals surface area contributed by atoms with Crippen molar-refractivity contribution in [3.8, 4) is 5.69 Å². The monoisotopic (exact) mass is 273 g/mol. The molecule has 1 unspecified atom stereocenters. The lowest BCUT2D eigenvalue weighted by Gasteiger charge is -2.22. The van der Waals surface area contributed by atoms with Gasteiger partial charge in [-0.15, -0.1) is 0 Å². The molecule has 2 aromatic rings. The first-order valence-corrected chi connectivity index (χ1v) is 7.97. The van der Waals surface area contributed by atoms with Gasteiger partial charge in [-0.1, -0.05) is 12.1 Å². The van der Waals surface area contributed by atoms with E-state index in [-0.39, 0.29) is 0 Å². The summed E-state index contributed by atoms with van der Waals surface area (Å²) in [7, 11) is 0. The van der Waals surface area contributed by atoms with Crippen LogP contribution in [0.25, 0.3) is 5.69 Å². The standard InChI is InChI=1S/C15H19N3S/c1-3-14(12-19-10-1)16-11-13-4-6-15(7-5-13)18-9-2-8-17-18/h2,4-9,14,16H,1,3,10-12H2. The van der Waals surface area contributed by atoms with Crippen molar-refractivity contribution in [1.29, 1.82) is 0 Å².